The average Bonchev–Trinajstić information content (AvgIpc) is 3.36. The van der Waals surface area contributed by atoms with E-state index in [0.29, 0.717) is 29.1 Å². The van der Waals surface area contributed by atoms with Crippen LogP contribution >= 0.6 is 0 Å². The van der Waals surface area contributed by atoms with Crippen molar-refractivity contribution in [3.8, 4) is 5.75 Å². The van der Waals surface area contributed by atoms with Crippen LogP contribution in [0.15, 0.2) is 24.4 Å². The number of pyridine rings is 1. The number of nitrogens with one attached hydrogen (secondary N) is 1. The number of aromatic nitrogens is 3. The van der Waals surface area contributed by atoms with Crippen molar-refractivity contribution in [1.82, 2.24) is 15.0 Å². The van der Waals surface area contributed by atoms with E-state index < -0.39 is 17.5 Å². The van der Waals surface area contributed by atoms with Gasteiger partial charge in [-0.3, -0.25) is 4.79 Å². The van der Waals surface area contributed by atoms with Crippen LogP contribution in [0, 0.1) is 11.6 Å². The molecule has 30 heavy (non-hydrogen) atoms. The fourth-order valence-corrected chi connectivity index (χ4v) is 3.57. The molecule has 0 saturated carbocycles. The van der Waals surface area contributed by atoms with E-state index in [0.717, 1.165) is 18.9 Å². The molecule has 3 aromatic rings. The number of amides is 1. The summed E-state index contributed by atoms with van der Waals surface area (Å²) in [6.45, 7) is 4.88. The number of aromatic amines is 1. The molecule has 0 bridgehead atoms. The molecule has 1 aliphatic rings. The van der Waals surface area contributed by atoms with Crippen molar-refractivity contribution in [3.63, 3.8) is 0 Å². The molecule has 3 heterocycles. The first kappa shape index (κ1) is 21.5. The van der Waals surface area contributed by atoms with E-state index in [1.54, 1.807) is 6.07 Å². The molecular weight excluding hydrogens is 392 g/mol. The smallest absolute Gasteiger partial charge is 0.269 e. The Labute approximate surface area is 173 Å². The van der Waals surface area contributed by atoms with Crippen molar-refractivity contribution < 1.29 is 18.3 Å². The molecule has 1 aliphatic heterocycles. The van der Waals surface area contributed by atoms with E-state index in [1.807, 2.05) is 4.90 Å². The van der Waals surface area contributed by atoms with E-state index in [9.17, 15) is 13.6 Å². The zero-order chi connectivity index (χ0) is 21.8. The van der Waals surface area contributed by atoms with E-state index >= 15 is 0 Å². The Morgan fingerprint density at radius 3 is 2.73 bits per heavy atom. The second-order valence-electron chi connectivity index (χ2n) is 7.01. The topological polar surface area (TPSA) is 97.1 Å². The first-order valence-electron chi connectivity index (χ1n) is 9.85. The number of primary amides is 1. The van der Waals surface area contributed by atoms with Crippen LogP contribution in [0.3, 0.4) is 0 Å². The largest absolute Gasteiger partial charge is 0.491 e. The molecule has 9 heteroatoms. The molecule has 1 fully saturated rings. The van der Waals surface area contributed by atoms with Crippen molar-refractivity contribution >= 4 is 22.6 Å². The number of benzene rings is 1. The predicted octanol–water partition coefficient (Wildman–Crippen LogP) is 4.10. The molecule has 7 nitrogen and oxygen atoms in total. The summed E-state index contributed by atoms with van der Waals surface area (Å²) < 4.78 is 32.8. The highest BCUT2D eigenvalue weighted by Gasteiger charge is 2.32. The lowest BCUT2D eigenvalue weighted by atomic mass is 10.2. The number of halogens is 2. The molecule has 1 saturated heterocycles. The van der Waals surface area contributed by atoms with Gasteiger partial charge in [0.2, 0.25) is 5.82 Å². The number of imidazole rings is 1. The summed E-state index contributed by atoms with van der Waals surface area (Å²) in [5.41, 5.74) is 6.94. The Bertz CT molecular complexity index is 1050. The minimum absolute atomic E-state index is 0.0879. The van der Waals surface area contributed by atoms with Gasteiger partial charge in [0.05, 0.1) is 24.4 Å². The number of anilines is 1. The molecular formula is C21H25F2N5O2. The number of fused-ring (bicyclic) bond motifs is 1. The summed E-state index contributed by atoms with van der Waals surface area (Å²) in [7, 11) is 1.30. The number of hydrogen-bond acceptors (Lipinski definition) is 5. The third-order valence-electron chi connectivity index (χ3n) is 4.76. The lowest BCUT2D eigenvalue weighted by Crippen LogP contribution is -2.24. The lowest BCUT2D eigenvalue weighted by Gasteiger charge is -2.27. The van der Waals surface area contributed by atoms with Gasteiger partial charge in [-0.1, -0.05) is 20.3 Å². The van der Waals surface area contributed by atoms with Crippen molar-refractivity contribution in [1.29, 1.82) is 0 Å². The van der Waals surface area contributed by atoms with Gasteiger partial charge in [0, 0.05) is 12.7 Å². The van der Waals surface area contributed by atoms with Crippen molar-refractivity contribution in [2.24, 2.45) is 5.73 Å². The average molecular weight is 417 g/mol. The van der Waals surface area contributed by atoms with Gasteiger partial charge >= 0.3 is 0 Å². The van der Waals surface area contributed by atoms with Gasteiger partial charge in [-0.25, -0.2) is 14.4 Å². The van der Waals surface area contributed by atoms with E-state index in [1.165, 1.54) is 25.8 Å². The van der Waals surface area contributed by atoms with Gasteiger partial charge < -0.3 is 20.4 Å². The fraction of sp³-hybridized carbons (Fsp3) is 0.381. The van der Waals surface area contributed by atoms with Gasteiger partial charge in [0.15, 0.2) is 17.3 Å². The Morgan fingerprint density at radius 1 is 1.33 bits per heavy atom. The highest BCUT2D eigenvalue weighted by atomic mass is 19.2. The molecule has 0 aliphatic carbocycles. The molecule has 1 atom stereocenters. The minimum Gasteiger partial charge on any atom is -0.491 e. The summed E-state index contributed by atoms with van der Waals surface area (Å²) in [4.78, 5) is 25.2. The standard InChI is InChI=1S/C18H17F2N5O2.C3H8/c1-27-16-11(5-4-9(19)13(16)20)25-8-2-3-12(25)18-23-10-6-7-22-15(17(21)26)14(10)24-18;1-3-2/h4-7,12H,2-3,8H2,1H3,(H2,21,26)(H,23,24);3H2,1-2H3. The van der Waals surface area contributed by atoms with Gasteiger partial charge in [0.25, 0.3) is 5.91 Å². The van der Waals surface area contributed by atoms with Gasteiger partial charge in [-0.15, -0.1) is 0 Å². The maximum absolute atomic E-state index is 14.1. The summed E-state index contributed by atoms with van der Waals surface area (Å²) in [6.07, 6.45) is 4.32. The normalized spacial score (nSPS) is 15.8. The van der Waals surface area contributed by atoms with E-state index in [2.05, 4.69) is 28.8 Å². The third kappa shape index (κ3) is 3.92. The monoisotopic (exact) mass is 417 g/mol. The van der Waals surface area contributed by atoms with E-state index in [-0.39, 0.29) is 17.5 Å². The van der Waals surface area contributed by atoms with Crippen LogP contribution in [0.4, 0.5) is 14.5 Å². The van der Waals surface area contributed by atoms with Crippen LogP contribution in [0.5, 0.6) is 5.75 Å². The zero-order valence-electron chi connectivity index (χ0n) is 17.2. The number of nitrogens with zero attached hydrogens (tertiary/aromatic N) is 3. The molecule has 160 valence electrons. The maximum atomic E-state index is 14.1. The molecule has 1 amide bonds. The van der Waals surface area contributed by atoms with Gasteiger partial charge in [-0.05, 0) is 31.0 Å². The highest BCUT2D eigenvalue weighted by molar-refractivity contribution is 6.02. The van der Waals surface area contributed by atoms with Gasteiger partial charge in [0.1, 0.15) is 11.3 Å². The minimum atomic E-state index is -1.02. The third-order valence-corrected chi connectivity index (χ3v) is 4.76. The van der Waals surface area contributed by atoms with Crippen LogP contribution < -0.4 is 15.4 Å². The Kier molecular flexibility index (Phi) is 6.49. The van der Waals surface area contributed by atoms with E-state index in [4.69, 9.17) is 10.5 Å². The van der Waals surface area contributed by atoms with Gasteiger partial charge in [-0.2, -0.15) is 4.39 Å². The highest BCUT2D eigenvalue weighted by Crippen LogP contribution is 2.41. The fourth-order valence-electron chi connectivity index (χ4n) is 3.57. The zero-order valence-corrected chi connectivity index (χ0v) is 17.2. The number of ether oxygens (including phenoxy) is 1. The predicted molar refractivity (Wildman–Crippen MR) is 111 cm³/mol. The molecule has 1 unspecified atom stereocenters. The summed E-state index contributed by atoms with van der Waals surface area (Å²) in [5, 5.41) is 0. The van der Waals surface area contributed by atoms with Crippen LogP contribution in [0.2, 0.25) is 0 Å². The Balaban J connectivity index is 0.000000806. The Hall–Kier alpha value is -3.23. The first-order chi connectivity index (χ1) is 14.4. The number of H-pyrrole nitrogens is 1. The summed E-state index contributed by atoms with van der Waals surface area (Å²) in [5.74, 6) is -2.19. The quantitative estimate of drug-likeness (QED) is 0.666. The molecule has 3 N–H and O–H groups in total. The molecule has 1 aromatic carbocycles. The Morgan fingerprint density at radius 2 is 2.07 bits per heavy atom. The molecule has 0 spiro atoms. The first-order valence-corrected chi connectivity index (χ1v) is 9.85. The molecule has 2 aromatic heterocycles. The molecule has 4 rings (SSSR count). The number of carbonyl (C=O) groups excluding carboxylic acids is 1. The number of hydrogen-bond donors (Lipinski definition) is 2. The van der Waals surface area contributed by atoms with Crippen molar-refractivity contribution in [3.05, 3.63) is 47.5 Å². The summed E-state index contributed by atoms with van der Waals surface area (Å²) in [6, 6.07) is 4.07. The number of nitrogens with two attached hydrogens (primary N) is 1. The maximum Gasteiger partial charge on any atom is 0.269 e. The molecule has 0 radical (unpaired) electrons. The second kappa shape index (κ2) is 9.06. The van der Waals surface area contributed by atoms with Crippen molar-refractivity contribution in [2.45, 2.75) is 39.2 Å². The van der Waals surface area contributed by atoms with Crippen LogP contribution in [0.1, 0.15) is 55.5 Å². The van der Waals surface area contributed by atoms with Crippen LogP contribution in [-0.2, 0) is 0 Å². The number of carbonyl (C=O) groups is 1. The van der Waals surface area contributed by atoms with Crippen LogP contribution in [-0.4, -0.2) is 34.5 Å². The van der Waals surface area contributed by atoms with Crippen LogP contribution in [0.25, 0.3) is 11.0 Å². The van der Waals surface area contributed by atoms with Crippen molar-refractivity contribution in [2.75, 3.05) is 18.6 Å². The lowest BCUT2D eigenvalue weighted by molar-refractivity contribution is 0.0997. The second-order valence-corrected chi connectivity index (χ2v) is 7.01. The summed E-state index contributed by atoms with van der Waals surface area (Å²) >= 11 is 0. The SMILES string of the molecule is CCC.COc1c(N2CCCC2c2nc3c(C(N)=O)nccc3[nH]2)ccc(F)c1F. The number of methoxy groups -OCH3 is 1. The number of rotatable bonds is 4.